The number of carbonyl (C=O) groups is 1. The Hall–Kier alpha value is -1.07. The maximum atomic E-state index is 11.7. The first kappa shape index (κ1) is 18.0. The monoisotopic (exact) mass is 356 g/mol. The minimum absolute atomic E-state index is 0.0138. The molecule has 0 saturated heterocycles. The quantitative estimate of drug-likeness (QED) is 0.851. The lowest BCUT2D eigenvalue weighted by molar-refractivity contribution is -0.126. The molecule has 5 heteroatoms. The van der Waals surface area contributed by atoms with Crippen molar-refractivity contribution < 1.29 is 9.53 Å². The topological polar surface area (TPSA) is 50.4 Å². The van der Waals surface area contributed by atoms with Gasteiger partial charge < -0.3 is 15.4 Å². The summed E-state index contributed by atoms with van der Waals surface area (Å²) in [5, 5.41) is 6.05. The van der Waals surface area contributed by atoms with Crippen LogP contribution in [0, 0.1) is 6.92 Å². The Morgan fingerprint density at radius 3 is 2.52 bits per heavy atom. The maximum absolute atomic E-state index is 11.7. The highest BCUT2D eigenvalue weighted by Gasteiger charge is 2.18. The van der Waals surface area contributed by atoms with Crippen molar-refractivity contribution in [2.75, 3.05) is 7.05 Å². The minimum Gasteiger partial charge on any atom is -0.480 e. The average molecular weight is 357 g/mol. The number of benzene rings is 1. The molecule has 0 fully saturated rings. The summed E-state index contributed by atoms with van der Waals surface area (Å²) >= 11 is 3.51. The van der Waals surface area contributed by atoms with Gasteiger partial charge in [0.25, 0.3) is 5.91 Å². The number of carbonyl (C=O) groups excluding carboxylic acids is 1. The molecule has 2 N–H and O–H groups in total. The van der Waals surface area contributed by atoms with Crippen molar-refractivity contribution in [1.29, 1.82) is 0 Å². The Bertz CT molecular complexity index is 510. The number of likely N-dealkylation sites (N-methyl/N-ethyl adjacent to an activating group) is 1. The number of amides is 1. The van der Waals surface area contributed by atoms with Crippen molar-refractivity contribution in [3.8, 4) is 5.75 Å². The summed E-state index contributed by atoms with van der Waals surface area (Å²) < 4.78 is 6.88. The van der Waals surface area contributed by atoms with E-state index in [9.17, 15) is 4.79 Å². The lowest BCUT2D eigenvalue weighted by Crippen LogP contribution is -2.36. The van der Waals surface area contributed by atoms with Gasteiger partial charge in [-0.25, -0.2) is 0 Å². The van der Waals surface area contributed by atoms with Crippen LogP contribution >= 0.6 is 15.9 Å². The molecule has 1 aromatic rings. The molecule has 1 atom stereocenters. The molecule has 0 bridgehead atoms. The molecule has 0 aliphatic heterocycles. The van der Waals surface area contributed by atoms with Gasteiger partial charge in [-0.3, -0.25) is 4.79 Å². The van der Waals surface area contributed by atoms with Crippen LogP contribution < -0.4 is 15.4 Å². The lowest BCUT2D eigenvalue weighted by Gasteiger charge is -2.23. The van der Waals surface area contributed by atoms with E-state index in [1.807, 2.05) is 19.1 Å². The molecular formula is C16H25BrN2O2. The molecule has 21 heavy (non-hydrogen) atoms. The van der Waals surface area contributed by atoms with Crippen LogP contribution in [0.25, 0.3) is 0 Å². The predicted octanol–water partition coefficient (Wildman–Crippen LogP) is 3.16. The Morgan fingerprint density at radius 2 is 2.00 bits per heavy atom. The summed E-state index contributed by atoms with van der Waals surface area (Å²) in [7, 11) is 1.61. The van der Waals surface area contributed by atoms with Gasteiger partial charge >= 0.3 is 0 Å². The van der Waals surface area contributed by atoms with E-state index >= 15 is 0 Å². The molecule has 1 aromatic carbocycles. The molecule has 1 rings (SSSR count). The van der Waals surface area contributed by atoms with E-state index in [-0.39, 0.29) is 11.4 Å². The van der Waals surface area contributed by atoms with Crippen LogP contribution in [-0.4, -0.2) is 24.6 Å². The molecule has 0 radical (unpaired) electrons. The average Bonchev–Trinajstić information content (AvgIpc) is 2.37. The summed E-state index contributed by atoms with van der Waals surface area (Å²) in [6.45, 7) is 10.8. The molecule has 0 aliphatic carbocycles. The van der Waals surface area contributed by atoms with E-state index in [0.717, 1.165) is 21.3 Å². The lowest BCUT2D eigenvalue weighted by atomic mass is 10.1. The summed E-state index contributed by atoms with van der Waals surface area (Å²) in [5.41, 5.74) is 2.05. The van der Waals surface area contributed by atoms with Crippen LogP contribution in [0.2, 0.25) is 0 Å². The second-order valence-corrected chi connectivity index (χ2v) is 7.10. The predicted molar refractivity (Wildman–Crippen MR) is 89.6 cm³/mol. The molecule has 0 saturated carbocycles. The summed E-state index contributed by atoms with van der Waals surface area (Å²) in [5.74, 6) is 0.637. The van der Waals surface area contributed by atoms with Gasteiger partial charge in [-0.15, -0.1) is 0 Å². The summed E-state index contributed by atoms with van der Waals surface area (Å²) in [6.07, 6.45) is -0.525. The molecular weight excluding hydrogens is 332 g/mol. The number of halogens is 1. The van der Waals surface area contributed by atoms with Crippen LogP contribution in [0.1, 0.15) is 38.8 Å². The zero-order chi connectivity index (χ0) is 16.2. The molecule has 4 nitrogen and oxygen atoms in total. The Balaban J connectivity index is 3.03. The molecule has 0 aromatic heterocycles. The number of rotatable bonds is 5. The first-order valence-electron chi connectivity index (χ1n) is 7.06. The van der Waals surface area contributed by atoms with Crippen molar-refractivity contribution in [2.24, 2.45) is 0 Å². The van der Waals surface area contributed by atoms with Crippen LogP contribution in [0.3, 0.4) is 0 Å². The number of hydrogen-bond donors (Lipinski definition) is 2. The normalized spacial score (nSPS) is 12.9. The Kier molecular flexibility index (Phi) is 6.23. The number of nitrogens with one attached hydrogen (secondary N) is 2. The third-order valence-corrected chi connectivity index (χ3v) is 3.49. The van der Waals surface area contributed by atoms with Crippen LogP contribution in [-0.2, 0) is 11.3 Å². The van der Waals surface area contributed by atoms with Crippen LogP contribution in [0.4, 0.5) is 0 Å². The third-order valence-electron chi connectivity index (χ3n) is 3.04. The summed E-state index contributed by atoms with van der Waals surface area (Å²) in [6, 6.07) is 4.02. The van der Waals surface area contributed by atoms with Gasteiger partial charge in [0.2, 0.25) is 0 Å². The first-order chi connectivity index (χ1) is 9.64. The fourth-order valence-corrected chi connectivity index (χ4v) is 2.51. The molecule has 0 spiro atoms. The molecule has 1 amide bonds. The Labute approximate surface area is 135 Å². The first-order valence-corrected chi connectivity index (χ1v) is 7.85. The number of hydrogen-bond acceptors (Lipinski definition) is 3. The van der Waals surface area contributed by atoms with Gasteiger partial charge in [0.1, 0.15) is 5.75 Å². The Morgan fingerprint density at radius 1 is 1.38 bits per heavy atom. The highest BCUT2D eigenvalue weighted by molar-refractivity contribution is 9.10. The van der Waals surface area contributed by atoms with E-state index in [2.05, 4.69) is 47.3 Å². The van der Waals surface area contributed by atoms with Crippen LogP contribution in [0.15, 0.2) is 16.6 Å². The van der Waals surface area contributed by atoms with Gasteiger partial charge in [-0.1, -0.05) is 15.9 Å². The largest absolute Gasteiger partial charge is 0.480 e. The zero-order valence-corrected chi connectivity index (χ0v) is 15.2. The van der Waals surface area contributed by atoms with Crippen LogP contribution in [0.5, 0.6) is 5.75 Å². The van der Waals surface area contributed by atoms with Crippen molar-refractivity contribution >= 4 is 21.8 Å². The van der Waals surface area contributed by atoms with Crippen molar-refractivity contribution in [2.45, 2.75) is 52.8 Å². The highest BCUT2D eigenvalue weighted by atomic mass is 79.9. The van der Waals surface area contributed by atoms with E-state index in [1.165, 1.54) is 0 Å². The van der Waals surface area contributed by atoms with Crippen molar-refractivity contribution in [3.63, 3.8) is 0 Å². The summed E-state index contributed by atoms with van der Waals surface area (Å²) in [4.78, 5) is 11.7. The molecule has 118 valence electrons. The van der Waals surface area contributed by atoms with Crippen molar-refractivity contribution in [1.82, 2.24) is 10.6 Å². The third kappa shape index (κ3) is 5.67. The second kappa shape index (κ2) is 7.27. The fraction of sp³-hybridized carbons (Fsp3) is 0.562. The smallest absolute Gasteiger partial charge is 0.260 e. The van der Waals surface area contributed by atoms with Crippen molar-refractivity contribution in [3.05, 3.63) is 27.7 Å². The van der Waals surface area contributed by atoms with Gasteiger partial charge in [0.15, 0.2) is 6.10 Å². The maximum Gasteiger partial charge on any atom is 0.260 e. The van der Waals surface area contributed by atoms with E-state index < -0.39 is 6.10 Å². The SMILES string of the molecule is CNC(=O)C(C)Oc1c(C)cc(Br)cc1CNC(C)(C)C. The van der Waals surface area contributed by atoms with E-state index in [1.54, 1.807) is 14.0 Å². The molecule has 0 aliphatic rings. The van der Waals surface area contributed by atoms with E-state index in [0.29, 0.717) is 6.54 Å². The fourth-order valence-electron chi connectivity index (χ4n) is 1.89. The zero-order valence-electron chi connectivity index (χ0n) is 13.6. The molecule has 1 unspecified atom stereocenters. The minimum atomic E-state index is -0.525. The van der Waals surface area contributed by atoms with Gasteiger partial charge in [-0.05, 0) is 52.3 Å². The van der Waals surface area contributed by atoms with Gasteiger partial charge in [0.05, 0.1) is 0 Å². The standard InChI is InChI=1S/C16H25BrN2O2/c1-10-7-13(17)8-12(9-19-16(3,4)5)14(10)21-11(2)15(20)18-6/h7-8,11,19H,9H2,1-6H3,(H,18,20). The second-order valence-electron chi connectivity index (χ2n) is 6.19. The number of ether oxygens (including phenoxy) is 1. The van der Waals surface area contributed by atoms with E-state index in [4.69, 9.17) is 4.74 Å². The van der Waals surface area contributed by atoms with Gasteiger partial charge in [0, 0.05) is 29.2 Å². The molecule has 0 heterocycles. The highest BCUT2D eigenvalue weighted by Crippen LogP contribution is 2.29. The van der Waals surface area contributed by atoms with Gasteiger partial charge in [-0.2, -0.15) is 0 Å². The number of aryl methyl sites for hydroxylation is 1.